The molecule has 1 amide bonds. The lowest BCUT2D eigenvalue weighted by Crippen LogP contribution is -2.46. The number of rotatable bonds is 7. The van der Waals surface area contributed by atoms with Crippen LogP contribution < -0.4 is 30.5 Å². The summed E-state index contributed by atoms with van der Waals surface area (Å²) in [5, 5.41) is 7.69. The Balaban J connectivity index is 0.00000400. The molecule has 1 aliphatic rings. The number of nitrogens with two attached hydrogens (primary N) is 2. The fourth-order valence-electron chi connectivity index (χ4n) is 4.14. The molecule has 0 spiro atoms. The van der Waals surface area contributed by atoms with Crippen molar-refractivity contribution in [3.63, 3.8) is 0 Å². The van der Waals surface area contributed by atoms with Crippen LogP contribution in [0.25, 0.3) is 11.3 Å². The standard InChI is InChI=1S/C23H25F2N7O4S.ClH/c1-36-19-4-2-3-15(25)20(19)21-22(26)28-12-17(29-21)23(33)30-16-11-13(24)5-6-18(16)32-9-7-14(8-10-32)31-37(27,34)35;/h2-6,11-12,14,31H,7-10H2,1H3,(H2,26,28)(H,30,33)(H2,27,34,35);1H. The van der Waals surface area contributed by atoms with E-state index in [1.165, 1.54) is 37.4 Å². The highest BCUT2D eigenvalue weighted by molar-refractivity contribution is 7.87. The summed E-state index contributed by atoms with van der Waals surface area (Å²) in [6.07, 6.45) is 2.04. The summed E-state index contributed by atoms with van der Waals surface area (Å²) in [6, 6.07) is 7.78. The van der Waals surface area contributed by atoms with Gasteiger partial charge in [0.05, 0.1) is 30.2 Å². The molecule has 38 heavy (non-hydrogen) atoms. The van der Waals surface area contributed by atoms with E-state index < -0.39 is 27.8 Å². The van der Waals surface area contributed by atoms with Crippen LogP contribution in [0, 0.1) is 11.6 Å². The Morgan fingerprint density at radius 1 is 1.18 bits per heavy atom. The molecule has 2 aromatic carbocycles. The van der Waals surface area contributed by atoms with E-state index in [2.05, 4.69) is 20.0 Å². The second kappa shape index (κ2) is 11.9. The van der Waals surface area contributed by atoms with E-state index in [-0.39, 0.29) is 52.7 Å². The number of anilines is 3. The number of halogens is 3. The Labute approximate surface area is 224 Å². The van der Waals surface area contributed by atoms with Gasteiger partial charge in [-0.3, -0.25) is 4.79 Å². The van der Waals surface area contributed by atoms with Gasteiger partial charge in [-0.15, -0.1) is 12.4 Å². The molecule has 0 atom stereocenters. The third-order valence-electron chi connectivity index (χ3n) is 5.84. The van der Waals surface area contributed by atoms with Gasteiger partial charge in [0.2, 0.25) is 0 Å². The number of carbonyl (C=O) groups excluding carboxylic acids is 1. The quantitative estimate of drug-likeness (QED) is 0.337. The summed E-state index contributed by atoms with van der Waals surface area (Å²) >= 11 is 0. The molecule has 1 aliphatic heterocycles. The molecule has 15 heteroatoms. The summed E-state index contributed by atoms with van der Waals surface area (Å²) in [6.45, 7) is 0.862. The van der Waals surface area contributed by atoms with Crippen molar-refractivity contribution in [2.45, 2.75) is 18.9 Å². The number of nitrogen functional groups attached to an aromatic ring is 1. The van der Waals surface area contributed by atoms with E-state index in [0.29, 0.717) is 31.6 Å². The highest BCUT2D eigenvalue weighted by Gasteiger charge is 2.25. The molecule has 4 rings (SSSR count). The lowest BCUT2D eigenvalue weighted by atomic mass is 10.0. The van der Waals surface area contributed by atoms with Gasteiger partial charge in [-0.2, -0.15) is 13.1 Å². The number of ether oxygens (including phenoxy) is 1. The van der Waals surface area contributed by atoms with Crippen LogP contribution in [-0.4, -0.2) is 50.5 Å². The van der Waals surface area contributed by atoms with Crippen LogP contribution in [0.2, 0.25) is 0 Å². The zero-order valence-electron chi connectivity index (χ0n) is 20.1. The molecule has 0 unspecified atom stereocenters. The SMILES string of the molecule is COc1cccc(F)c1-c1nc(C(=O)Nc2cc(F)ccc2N2CCC(NS(N)(=O)=O)CC2)cnc1N.Cl. The number of benzene rings is 2. The Kier molecular flexibility index (Phi) is 9.04. The topological polar surface area (TPSA) is 166 Å². The Morgan fingerprint density at radius 2 is 1.89 bits per heavy atom. The number of nitrogens with one attached hydrogen (secondary N) is 2. The van der Waals surface area contributed by atoms with E-state index in [1.807, 2.05) is 4.90 Å². The van der Waals surface area contributed by atoms with Crippen LogP contribution in [0.3, 0.4) is 0 Å². The van der Waals surface area contributed by atoms with Crippen molar-refractivity contribution in [2.24, 2.45) is 5.14 Å². The fourth-order valence-corrected chi connectivity index (χ4v) is 4.84. The molecular formula is C23H26ClF2N7O4S. The van der Waals surface area contributed by atoms with Crippen molar-refractivity contribution in [3.8, 4) is 17.0 Å². The third-order valence-corrected chi connectivity index (χ3v) is 6.50. The predicted octanol–water partition coefficient (Wildman–Crippen LogP) is 2.45. The maximum Gasteiger partial charge on any atom is 0.275 e. The lowest BCUT2D eigenvalue weighted by Gasteiger charge is -2.34. The smallest absolute Gasteiger partial charge is 0.275 e. The number of amides is 1. The molecule has 0 saturated carbocycles. The summed E-state index contributed by atoms with van der Waals surface area (Å²) in [4.78, 5) is 23.2. The summed E-state index contributed by atoms with van der Waals surface area (Å²) < 4.78 is 58.9. The van der Waals surface area contributed by atoms with Crippen molar-refractivity contribution in [1.29, 1.82) is 0 Å². The van der Waals surface area contributed by atoms with Gasteiger partial charge in [-0.1, -0.05) is 6.07 Å². The second-order valence-corrected chi connectivity index (χ2v) is 9.67. The zero-order valence-corrected chi connectivity index (χ0v) is 21.8. The molecule has 204 valence electrons. The van der Waals surface area contributed by atoms with Gasteiger partial charge >= 0.3 is 0 Å². The largest absolute Gasteiger partial charge is 0.496 e. The molecule has 1 aromatic heterocycles. The number of carbonyl (C=O) groups is 1. The molecule has 3 aromatic rings. The molecule has 6 N–H and O–H groups in total. The van der Waals surface area contributed by atoms with Crippen LogP contribution in [-0.2, 0) is 10.2 Å². The van der Waals surface area contributed by atoms with Crippen molar-refractivity contribution in [1.82, 2.24) is 14.7 Å². The predicted molar refractivity (Wildman–Crippen MR) is 141 cm³/mol. The van der Waals surface area contributed by atoms with Crippen LogP contribution >= 0.6 is 12.4 Å². The summed E-state index contributed by atoms with van der Waals surface area (Å²) in [5.41, 5.74) is 6.32. The van der Waals surface area contributed by atoms with E-state index in [0.717, 1.165) is 12.3 Å². The van der Waals surface area contributed by atoms with Crippen LogP contribution in [0.1, 0.15) is 23.3 Å². The minimum absolute atomic E-state index is 0. The molecule has 1 fully saturated rings. The molecule has 0 radical (unpaired) electrons. The maximum absolute atomic E-state index is 14.6. The first kappa shape index (κ1) is 29.0. The van der Waals surface area contributed by atoms with Crippen molar-refractivity contribution in [2.75, 3.05) is 36.1 Å². The molecular weight excluding hydrogens is 544 g/mol. The fraction of sp³-hybridized carbons (Fsp3) is 0.261. The van der Waals surface area contributed by atoms with E-state index in [4.69, 9.17) is 15.6 Å². The number of piperidine rings is 1. The van der Waals surface area contributed by atoms with Gasteiger partial charge in [0, 0.05) is 19.1 Å². The van der Waals surface area contributed by atoms with Crippen LogP contribution in [0.5, 0.6) is 5.75 Å². The van der Waals surface area contributed by atoms with Crippen molar-refractivity contribution in [3.05, 3.63) is 59.9 Å². The van der Waals surface area contributed by atoms with Crippen molar-refractivity contribution < 1.29 is 26.7 Å². The third kappa shape index (κ3) is 6.64. The van der Waals surface area contributed by atoms with Gasteiger partial charge in [-0.05, 0) is 43.2 Å². The molecule has 0 bridgehead atoms. The number of methoxy groups -OCH3 is 1. The van der Waals surface area contributed by atoms with E-state index >= 15 is 0 Å². The van der Waals surface area contributed by atoms with E-state index in [1.54, 1.807) is 0 Å². The summed E-state index contributed by atoms with van der Waals surface area (Å²) in [7, 11) is -2.47. The number of hydrogen-bond donors (Lipinski definition) is 4. The first-order valence-corrected chi connectivity index (χ1v) is 12.7. The number of nitrogens with zero attached hydrogens (tertiary/aromatic N) is 3. The minimum atomic E-state index is -3.83. The maximum atomic E-state index is 14.6. The van der Waals surface area contributed by atoms with Gasteiger partial charge < -0.3 is 20.7 Å². The Bertz CT molecular complexity index is 1440. The van der Waals surface area contributed by atoms with Gasteiger partial charge in [0.15, 0.2) is 0 Å². The van der Waals surface area contributed by atoms with Gasteiger partial charge in [0.25, 0.3) is 16.1 Å². The van der Waals surface area contributed by atoms with Gasteiger partial charge in [0.1, 0.15) is 34.6 Å². The van der Waals surface area contributed by atoms with Crippen LogP contribution in [0.4, 0.5) is 26.0 Å². The first-order chi connectivity index (χ1) is 17.6. The zero-order chi connectivity index (χ0) is 26.7. The van der Waals surface area contributed by atoms with E-state index in [9.17, 15) is 22.0 Å². The number of aromatic nitrogens is 2. The Morgan fingerprint density at radius 3 is 2.55 bits per heavy atom. The minimum Gasteiger partial charge on any atom is -0.496 e. The average Bonchev–Trinajstić information content (AvgIpc) is 2.84. The van der Waals surface area contributed by atoms with Crippen molar-refractivity contribution >= 4 is 45.7 Å². The molecule has 1 saturated heterocycles. The Hall–Kier alpha value is -3.59. The monoisotopic (exact) mass is 569 g/mol. The highest BCUT2D eigenvalue weighted by atomic mass is 35.5. The average molecular weight is 570 g/mol. The highest BCUT2D eigenvalue weighted by Crippen LogP contribution is 2.34. The normalized spacial score (nSPS) is 14.1. The summed E-state index contributed by atoms with van der Waals surface area (Å²) in [5.74, 6) is -1.91. The lowest BCUT2D eigenvalue weighted by molar-refractivity contribution is 0.102. The molecule has 0 aliphatic carbocycles. The van der Waals surface area contributed by atoms with Gasteiger partial charge in [-0.25, -0.2) is 23.9 Å². The molecule has 11 nitrogen and oxygen atoms in total. The second-order valence-electron chi connectivity index (χ2n) is 8.35. The molecule has 2 heterocycles. The number of hydrogen-bond acceptors (Lipinski definition) is 8. The first-order valence-electron chi connectivity index (χ1n) is 11.2. The van der Waals surface area contributed by atoms with Crippen LogP contribution in [0.15, 0.2) is 42.6 Å².